The second kappa shape index (κ2) is 9.59. The second-order valence-corrected chi connectivity index (χ2v) is 5.62. The lowest BCUT2D eigenvalue weighted by Crippen LogP contribution is -2.35. The molecule has 0 fully saturated rings. The predicted octanol–water partition coefficient (Wildman–Crippen LogP) is 3.66. The molecule has 1 unspecified atom stereocenters. The van der Waals surface area contributed by atoms with Crippen molar-refractivity contribution in [3.8, 4) is 0 Å². The van der Waals surface area contributed by atoms with Gasteiger partial charge in [-0.3, -0.25) is 4.90 Å². The summed E-state index contributed by atoms with van der Waals surface area (Å²) in [5.74, 6) is 1.07. The Hall–Kier alpha value is -0.290. The lowest BCUT2D eigenvalue weighted by molar-refractivity contribution is -0.146. The molecule has 0 aliphatic carbocycles. The van der Waals surface area contributed by atoms with E-state index in [0.29, 0.717) is 31.5 Å². The number of halogens is 3. The topological polar surface area (TPSA) is 29.3 Å². The fourth-order valence-electron chi connectivity index (χ4n) is 2.44. The van der Waals surface area contributed by atoms with Crippen molar-refractivity contribution >= 4 is 0 Å². The molecule has 2 nitrogen and oxygen atoms in total. The minimum atomic E-state index is -4.09. The summed E-state index contributed by atoms with van der Waals surface area (Å²) in [4.78, 5) is 1.51. The van der Waals surface area contributed by atoms with E-state index < -0.39 is 12.7 Å². The molecule has 116 valence electrons. The van der Waals surface area contributed by atoms with E-state index in [1.165, 1.54) is 4.90 Å². The van der Waals surface area contributed by atoms with Crippen molar-refractivity contribution in [2.24, 2.45) is 17.6 Å². The van der Waals surface area contributed by atoms with Crippen molar-refractivity contribution < 1.29 is 13.2 Å². The quantitative estimate of drug-likeness (QED) is 0.662. The van der Waals surface area contributed by atoms with Gasteiger partial charge in [-0.05, 0) is 57.2 Å². The van der Waals surface area contributed by atoms with Crippen LogP contribution in [0.1, 0.15) is 46.5 Å². The van der Waals surface area contributed by atoms with Crippen LogP contribution in [0.3, 0.4) is 0 Å². The average Bonchev–Trinajstić information content (AvgIpc) is 2.25. The van der Waals surface area contributed by atoms with E-state index in [2.05, 4.69) is 13.8 Å². The number of rotatable bonds is 10. The van der Waals surface area contributed by atoms with Crippen molar-refractivity contribution in [1.29, 1.82) is 0 Å². The molecule has 19 heavy (non-hydrogen) atoms. The van der Waals surface area contributed by atoms with Crippen LogP contribution in [0.2, 0.25) is 0 Å². The molecule has 0 saturated heterocycles. The van der Waals surface area contributed by atoms with Gasteiger partial charge in [-0.25, -0.2) is 0 Å². The van der Waals surface area contributed by atoms with Crippen LogP contribution < -0.4 is 5.73 Å². The summed E-state index contributed by atoms with van der Waals surface area (Å²) in [6.45, 7) is 7.13. The first kappa shape index (κ1) is 18.7. The van der Waals surface area contributed by atoms with Gasteiger partial charge >= 0.3 is 6.18 Å². The molecule has 0 spiro atoms. The zero-order valence-corrected chi connectivity index (χ0v) is 12.5. The van der Waals surface area contributed by atoms with Crippen molar-refractivity contribution in [1.82, 2.24) is 4.90 Å². The summed E-state index contributed by atoms with van der Waals surface area (Å²) in [5.41, 5.74) is 5.57. The highest BCUT2D eigenvalue weighted by atomic mass is 19.4. The zero-order chi connectivity index (χ0) is 14.9. The summed E-state index contributed by atoms with van der Waals surface area (Å²) in [6.07, 6.45) is -0.590. The molecular weight excluding hydrogens is 253 g/mol. The molecule has 0 aliphatic rings. The molecule has 0 aromatic carbocycles. The number of hydrogen-bond acceptors (Lipinski definition) is 2. The van der Waals surface area contributed by atoms with Gasteiger partial charge in [0.1, 0.15) is 0 Å². The van der Waals surface area contributed by atoms with Gasteiger partial charge in [-0.15, -0.1) is 0 Å². The van der Waals surface area contributed by atoms with E-state index in [1.54, 1.807) is 0 Å². The Morgan fingerprint density at radius 3 is 2.16 bits per heavy atom. The van der Waals surface area contributed by atoms with E-state index in [0.717, 1.165) is 25.7 Å². The van der Waals surface area contributed by atoms with Crippen LogP contribution in [0.5, 0.6) is 0 Å². The number of hydrogen-bond donors (Lipinski definition) is 1. The van der Waals surface area contributed by atoms with Gasteiger partial charge in [-0.2, -0.15) is 13.2 Å². The molecule has 0 aromatic heterocycles. The SMILES string of the molecule is CCCN(CCCC(CCN)C(C)C)CC(F)(F)F. The molecule has 0 aliphatic heterocycles. The zero-order valence-electron chi connectivity index (χ0n) is 12.5. The summed E-state index contributed by atoms with van der Waals surface area (Å²) in [6, 6.07) is 0. The highest BCUT2D eigenvalue weighted by Crippen LogP contribution is 2.22. The molecule has 0 radical (unpaired) electrons. The summed E-state index contributed by atoms with van der Waals surface area (Å²) >= 11 is 0. The molecule has 5 heteroatoms. The second-order valence-electron chi connectivity index (χ2n) is 5.62. The Morgan fingerprint density at radius 1 is 1.11 bits per heavy atom. The average molecular weight is 282 g/mol. The number of alkyl halides is 3. The highest BCUT2D eigenvalue weighted by Gasteiger charge is 2.30. The van der Waals surface area contributed by atoms with Crippen molar-refractivity contribution in [2.75, 3.05) is 26.2 Å². The van der Waals surface area contributed by atoms with Gasteiger partial charge in [0.2, 0.25) is 0 Å². The summed E-state index contributed by atoms with van der Waals surface area (Å²) < 4.78 is 37.2. The molecular formula is C14H29F3N2. The van der Waals surface area contributed by atoms with Gasteiger partial charge in [0, 0.05) is 0 Å². The smallest absolute Gasteiger partial charge is 0.330 e. The van der Waals surface area contributed by atoms with Crippen LogP contribution in [0, 0.1) is 11.8 Å². The van der Waals surface area contributed by atoms with Crippen molar-refractivity contribution in [2.45, 2.75) is 52.6 Å². The highest BCUT2D eigenvalue weighted by molar-refractivity contribution is 4.67. The van der Waals surface area contributed by atoms with E-state index in [1.807, 2.05) is 6.92 Å². The molecule has 0 heterocycles. The molecule has 2 N–H and O–H groups in total. The molecule has 0 amide bonds. The van der Waals surface area contributed by atoms with Crippen LogP contribution >= 0.6 is 0 Å². The molecule has 0 bridgehead atoms. The lowest BCUT2D eigenvalue weighted by atomic mass is 9.88. The van der Waals surface area contributed by atoms with Crippen LogP contribution in [0.15, 0.2) is 0 Å². The first-order valence-electron chi connectivity index (χ1n) is 7.29. The molecule has 0 saturated carbocycles. The molecule has 0 rings (SSSR count). The third-order valence-electron chi connectivity index (χ3n) is 3.47. The van der Waals surface area contributed by atoms with Gasteiger partial charge in [0.25, 0.3) is 0 Å². The van der Waals surface area contributed by atoms with E-state index in [9.17, 15) is 13.2 Å². The normalized spacial score (nSPS) is 14.4. The Labute approximate surface area is 115 Å². The first-order chi connectivity index (χ1) is 8.80. The summed E-state index contributed by atoms with van der Waals surface area (Å²) in [5, 5.41) is 0. The van der Waals surface area contributed by atoms with E-state index in [4.69, 9.17) is 5.73 Å². The Morgan fingerprint density at radius 2 is 1.74 bits per heavy atom. The molecule has 1 atom stereocenters. The van der Waals surface area contributed by atoms with Gasteiger partial charge in [0.15, 0.2) is 0 Å². The van der Waals surface area contributed by atoms with E-state index in [-0.39, 0.29) is 0 Å². The third kappa shape index (κ3) is 10.2. The van der Waals surface area contributed by atoms with Gasteiger partial charge in [-0.1, -0.05) is 20.8 Å². The fourth-order valence-corrected chi connectivity index (χ4v) is 2.44. The standard InChI is InChI=1S/C14H29F3N2/c1-4-9-19(11-14(15,16)17)10-5-6-13(7-8-18)12(2)3/h12-13H,4-11,18H2,1-3H3. The van der Waals surface area contributed by atoms with E-state index >= 15 is 0 Å². The maximum Gasteiger partial charge on any atom is 0.401 e. The third-order valence-corrected chi connectivity index (χ3v) is 3.47. The van der Waals surface area contributed by atoms with Crippen molar-refractivity contribution in [3.63, 3.8) is 0 Å². The van der Waals surface area contributed by atoms with Gasteiger partial charge in [0.05, 0.1) is 6.54 Å². The minimum absolute atomic E-state index is 0.517. The fraction of sp³-hybridized carbons (Fsp3) is 1.00. The summed E-state index contributed by atoms with van der Waals surface area (Å²) in [7, 11) is 0. The van der Waals surface area contributed by atoms with Crippen LogP contribution in [0.25, 0.3) is 0 Å². The van der Waals surface area contributed by atoms with Gasteiger partial charge < -0.3 is 5.73 Å². The Bertz CT molecular complexity index is 217. The van der Waals surface area contributed by atoms with Crippen LogP contribution in [-0.4, -0.2) is 37.3 Å². The molecule has 0 aromatic rings. The maximum atomic E-state index is 12.4. The van der Waals surface area contributed by atoms with Crippen LogP contribution in [-0.2, 0) is 0 Å². The maximum absolute atomic E-state index is 12.4. The number of nitrogens with two attached hydrogens (primary N) is 1. The van der Waals surface area contributed by atoms with Crippen LogP contribution in [0.4, 0.5) is 13.2 Å². The Balaban J connectivity index is 4.09. The first-order valence-corrected chi connectivity index (χ1v) is 7.29. The monoisotopic (exact) mass is 282 g/mol. The minimum Gasteiger partial charge on any atom is -0.330 e. The number of nitrogens with zero attached hydrogens (tertiary/aromatic N) is 1. The lowest BCUT2D eigenvalue weighted by Gasteiger charge is -2.25. The predicted molar refractivity (Wildman–Crippen MR) is 74.0 cm³/mol. The van der Waals surface area contributed by atoms with Crippen molar-refractivity contribution in [3.05, 3.63) is 0 Å². The Kier molecular flexibility index (Phi) is 9.44. The largest absolute Gasteiger partial charge is 0.401 e.